The lowest BCUT2D eigenvalue weighted by Gasteiger charge is -2.27. The Morgan fingerprint density at radius 3 is 2.52 bits per heavy atom. The van der Waals surface area contributed by atoms with Crippen LogP contribution in [0, 0.1) is 16.6 Å². The summed E-state index contributed by atoms with van der Waals surface area (Å²) in [4.78, 5) is 15.0. The fraction of sp³-hybridized carbons (Fsp3) is 0.545. The molecule has 1 amide bonds. The minimum Gasteiger partial charge on any atom is -0.337 e. The van der Waals surface area contributed by atoms with E-state index in [1.165, 1.54) is 12.3 Å². The number of halogens is 3. The van der Waals surface area contributed by atoms with Crippen molar-refractivity contribution in [2.24, 2.45) is 11.8 Å². The first-order chi connectivity index (χ1) is 15.5. The molecular weight excluding hydrogens is 455 g/mol. The van der Waals surface area contributed by atoms with Crippen molar-refractivity contribution in [1.82, 2.24) is 19.4 Å². The van der Waals surface area contributed by atoms with E-state index < -0.39 is 21.7 Å². The van der Waals surface area contributed by atoms with E-state index in [0.717, 1.165) is 11.8 Å². The molecule has 1 aromatic heterocycles. The molecule has 2 fully saturated rings. The van der Waals surface area contributed by atoms with Gasteiger partial charge in [0, 0.05) is 50.1 Å². The van der Waals surface area contributed by atoms with Crippen LogP contribution in [0.1, 0.15) is 51.6 Å². The summed E-state index contributed by atoms with van der Waals surface area (Å²) in [6.07, 6.45) is -1.20. The molecule has 33 heavy (non-hydrogen) atoms. The zero-order chi connectivity index (χ0) is 23.5. The van der Waals surface area contributed by atoms with Crippen molar-refractivity contribution in [3.05, 3.63) is 52.3 Å². The maximum atomic E-state index is 13.5. The number of aromatic amines is 1. The minimum atomic E-state index is -4.37. The quantitative estimate of drug-likeness (QED) is 0.701. The van der Waals surface area contributed by atoms with Gasteiger partial charge in [-0.25, -0.2) is 13.3 Å². The van der Waals surface area contributed by atoms with E-state index in [9.17, 15) is 22.2 Å². The van der Waals surface area contributed by atoms with Crippen LogP contribution in [0.2, 0.25) is 0 Å². The number of nitrogens with zero attached hydrogens (tertiary/aromatic N) is 3. The molecule has 0 radical (unpaired) electrons. The number of H-pyrrole nitrogens is 1. The van der Waals surface area contributed by atoms with Crippen molar-refractivity contribution >= 4 is 15.8 Å². The van der Waals surface area contributed by atoms with Crippen LogP contribution < -0.4 is 0 Å². The molecule has 1 unspecified atom stereocenters. The van der Waals surface area contributed by atoms with Crippen molar-refractivity contribution in [3.8, 4) is 0 Å². The Morgan fingerprint density at radius 1 is 1.21 bits per heavy atom. The van der Waals surface area contributed by atoms with Gasteiger partial charge in [0.15, 0.2) is 5.69 Å². The number of fused-ring (bicyclic) bond motifs is 2. The van der Waals surface area contributed by atoms with Gasteiger partial charge < -0.3 is 4.90 Å². The minimum absolute atomic E-state index is 0.156. The van der Waals surface area contributed by atoms with Gasteiger partial charge in [-0.05, 0) is 42.2 Å². The van der Waals surface area contributed by atoms with Crippen molar-refractivity contribution in [2.45, 2.75) is 37.9 Å². The summed E-state index contributed by atoms with van der Waals surface area (Å²) in [5, 5.41) is 7.15. The summed E-state index contributed by atoms with van der Waals surface area (Å²) in [6, 6.07) is 5.81. The maximum absolute atomic E-state index is 13.5. The van der Waals surface area contributed by atoms with E-state index in [1.807, 2.05) is 0 Å². The summed E-state index contributed by atoms with van der Waals surface area (Å²) in [5.74, 6) is -0.0386. The Morgan fingerprint density at radius 2 is 1.88 bits per heavy atom. The van der Waals surface area contributed by atoms with Gasteiger partial charge in [0.05, 0.1) is 5.56 Å². The standard InChI is InChI=1S/C22H26F3N5O2S/c1-33(26,32)30-7-6-19-17(12-30)20(28-27-19)21(31)29-10-14-8-13(9-15(14)11-29)16-4-2-3-5-18(16)22(23,24)25/h2-5,13-15,26H,6-12H2,1H3,(H,27,28)/t13-,14-,15+,33?. The van der Waals surface area contributed by atoms with Gasteiger partial charge in [-0.1, -0.05) is 18.2 Å². The predicted octanol–water partition coefficient (Wildman–Crippen LogP) is 3.64. The van der Waals surface area contributed by atoms with Crippen molar-refractivity contribution in [1.29, 1.82) is 4.78 Å². The number of likely N-dealkylation sites (tertiary alicyclic amines) is 1. The molecule has 7 nitrogen and oxygen atoms in total. The molecule has 2 aliphatic heterocycles. The number of alkyl halides is 3. The normalized spacial score (nSPS) is 27.3. The first-order valence-corrected chi connectivity index (χ1v) is 12.9. The molecule has 3 heterocycles. The van der Waals surface area contributed by atoms with Gasteiger partial charge >= 0.3 is 6.18 Å². The third kappa shape index (κ3) is 4.05. The fourth-order valence-electron chi connectivity index (χ4n) is 5.73. The van der Waals surface area contributed by atoms with Crippen molar-refractivity contribution < 1.29 is 22.2 Å². The zero-order valence-electron chi connectivity index (χ0n) is 18.2. The number of hydrogen-bond donors (Lipinski definition) is 2. The van der Waals surface area contributed by atoms with Crippen molar-refractivity contribution in [3.63, 3.8) is 0 Å². The molecule has 1 saturated carbocycles. The van der Waals surface area contributed by atoms with E-state index in [1.54, 1.807) is 21.3 Å². The summed E-state index contributed by atoms with van der Waals surface area (Å²) >= 11 is 0. The van der Waals surface area contributed by atoms with Gasteiger partial charge in [0.25, 0.3) is 5.91 Å². The highest BCUT2D eigenvalue weighted by atomic mass is 32.2. The molecule has 1 aromatic carbocycles. The van der Waals surface area contributed by atoms with Crippen LogP contribution in [0.3, 0.4) is 0 Å². The molecule has 3 aliphatic rings. The lowest BCUT2D eigenvalue weighted by atomic mass is 9.91. The maximum Gasteiger partial charge on any atom is 0.416 e. The van der Waals surface area contributed by atoms with Gasteiger partial charge in [-0.3, -0.25) is 9.89 Å². The van der Waals surface area contributed by atoms with Crippen LogP contribution in [-0.4, -0.2) is 55.4 Å². The molecule has 4 atom stereocenters. The highest BCUT2D eigenvalue weighted by Gasteiger charge is 2.45. The highest BCUT2D eigenvalue weighted by molar-refractivity contribution is 7.89. The van der Waals surface area contributed by atoms with Crippen LogP contribution >= 0.6 is 0 Å². The fourth-order valence-corrected chi connectivity index (χ4v) is 6.54. The van der Waals surface area contributed by atoms with E-state index in [0.29, 0.717) is 55.7 Å². The Hall–Kier alpha value is -2.40. The van der Waals surface area contributed by atoms with Gasteiger partial charge in [-0.2, -0.15) is 18.3 Å². The van der Waals surface area contributed by atoms with E-state index in [2.05, 4.69) is 10.2 Å². The molecule has 0 bridgehead atoms. The molecule has 178 valence electrons. The lowest BCUT2D eigenvalue weighted by molar-refractivity contribution is -0.138. The Bertz CT molecular complexity index is 1180. The summed E-state index contributed by atoms with van der Waals surface area (Å²) in [5.41, 5.74) is 1.63. The average molecular weight is 482 g/mol. The molecule has 1 saturated heterocycles. The molecule has 1 aliphatic carbocycles. The van der Waals surface area contributed by atoms with Crippen LogP contribution in [0.25, 0.3) is 0 Å². The second-order valence-corrected chi connectivity index (χ2v) is 11.6. The zero-order valence-corrected chi connectivity index (χ0v) is 19.0. The number of benzene rings is 1. The van der Waals surface area contributed by atoms with Gasteiger partial charge in [0.1, 0.15) is 9.92 Å². The Balaban J connectivity index is 1.30. The van der Waals surface area contributed by atoms with Crippen LogP contribution in [-0.2, 0) is 29.1 Å². The topological polar surface area (TPSA) is 93.1 Å². The third-order valence-electron chi connectivity index (χ3n) is 7.34. The number of carbonyl (C=O) groups excluding carboxylic acids is 1. The lowest BCUT2D eigenvalue weighted by Crippen LogP contribution is -2.36. The molecule has 2 N–H and O–H groups in total. The van der Waals surface area contributed by atoms with Crippen LogP contribution in [0.4, 0.5) is 13.2 Å². The second-order valence-electron chi connectivity index (χ2n) is 9.43. The first-order valence-electron chi connectivity index (χ1n) is 11.0. The highest BCUT2D eigenvalue weighted by Crippen LogP contribution is 2.49. The average Bonchev–Trinajstić information content (AvgIpc) is 3.44. The van der Waals surface area contributed by atoms with Gasteiger partial charge in [-0.15, -0.1) is 0 Å². The van der Waals surface area contributed by atoms with Crippen molar-refractivity contribution in [2.75, 3.05) is 25.9 Å². The van der Waals surface area contributed by atoms with E-state index >= 15 is 0 Å². The molecule has 2 aromatic rings. The molecule has 5 rings (SSSR count). The van der Waals surface area contributed by atoms with Gasteiger partial charge in [0.2, 0.25) is 0 Å². The summed E-state index contributed by atoms with van der Waals surface area (Å²) < 4.78 is 62.0. The Kier molecular flexibility index (Phi) is 5.32. The van der Waals surface area contributed by atoms with Crippen LogP contribution in [0.5, 0.6) is 0 Å². The SMILES string of the molecule is CS(=N)(=O)N1CCc2[nH]nc(C(=O)N3C[C@H]4C[C@@H](c5ccccc5C(F)(F)F)C[C@H]4C3)c2C1. The number of carbonyl (C=O) groups is 1. The summed E-state index contributed by atoms with van der Waals surface area (Å²) in [7, 11) is -2.88. The number of rotatable bonds is 3. The third-order valence-corrected chi connectivity index (χ3v) is 8.64. The molecular formula is C22H26F3N5O2S. The monoisotopic (exact) mass is 481 g/mol. The second kappa shape index (κ2) is 7.83. The molecule has 0 spiro atoms. The number of nitrogens with one attached hydrogen (secondary N) is 2. The summed E-state index contributed by atoms with van der Waals surface area (Å²) in [6.45, 7) is 1.71. The number of amides is 1. The smallest absolute Gasteiger partial charge is 0.337 e. The Labute approximate surface area is 190 Å². The first kappa shape index (κ1) is 22.4. The number of aromatic nitrogens is 2. The van der Waals surface area contributed by atoms with E-state index in [4.69, 9.17) is 4.78 Å². The number of hydrogen-bond acceptors (Lipinski definition) is 4. The largest absolute Gasteiger partial charge is 0.416 e. The predicted molar refractivity (Wildman–Crippen MR) is 116 cm³/mol. The van der Waals surface area contributed by atoms with E-state index in [-0.39, 0.29) is 30.2 Å². The molecule has 11 heteroatoms. The van der Waals surface area contributed by atoms with Crippen LogP contribution in [0.15, 0.2) is 24.3 Å².